The average Bonchev–Trinajstić information content (AvgIpc) is 3.34. The second-order valence-corrected chi connectivity index (χ2v) is 6.34. The van der Waals surface area contributed by atoms with Crippen LogP contribution < -0.4 is 0 Å². The summed E-state index contributed by atoms with van der Waals surface area (Å²) >= 11 is 3.20. The van der Waals surface area contributed by atoms with Crippen molar-refractivity contribution in [1.29, 1.82) is 0 Å². The van der Waals surface area contributed by atoms with E-state index in [0.717, 1.165) is 0 Å². The van der Waals surface area contributed by atoms with Crippen LogP contribution in [0.4, 0.5) is 0 Å². The van der Waals surface area contributed by atoms with Gasteiger partial charge in [0.15, 0.2) is 10.4 Å². The van der Waals surface area contributed by atoms with Crippen molar-refractivity contribution in [2.75, 3.05) is 0 Å². The molecule has 126 valence electrons. The lowest BCUT2D eigenvalue weighted by molar-refractivity contribution is 0.0675. The molecule has 25 heavy (non-hydrogen) atoms. The number of carbonyl (C=O) groups is 1. The van der Waals surface area contributed by atoms with Gasteiger partial charge in [0.2, 0.25) is 0 Å². The number of hydrogen-bond acceptors (Lipinski definition) is 5. The highest BCUT2D eigenvalue weighted by Gasteiger charge is 2.36. The van der Waals surface area contributed by atoms with Crippen LogP contribution in [0.25, 0.3) is 0 Å². The van der Waals surface area contributed by atoms with E-state index in [9.17, 15) is 9.90 Å². The van der Waals surface area contributed by atoms with E-state index < -0.39 is 6.04 Å². The lowest BCUT2D eigenvalue weighted by atomic mass is 10.00. The van der Waals surface area contributed by atoms with Crippen LogP contribution >= 0.6 is 15.9 Å². The smallest absolute Gasteiger partial charge is 0.310 e. The Morgan fingerprint density at radius 1 is 1.20 bits per heavy atom. The molecule has 0 fully saturated rings. The number of hydrazone groups is 1. The van der Waals surface area contributed by atoms with Gasteiger partial charge in [-0.1, -0.05) is 18.2 Å². The van der Waals surface area contributed by atoms with E-state index in [0.29, 0.717) is 28.1 Å². The summed E-state index contributed by atoms with van der Waals surface area (Å²) in [6.45, 7) is 0. The molecule has 1 unspecified atom stereocenters. The maximum absolute atomic E-state index is 12.9. The van der Waals surface area contributed by atoms with Crippen molar-refractivity contribution in [3.8, 4) is 5.75 Å². The lowest BCUT2D eigenvalue weighted by Crippen LogP contribution is -2.26. The number of aromatic hydroxyl groups is 1. The number of halogens is 1. The summed E-state index contributed by atoms with van der Waals surface area (Å²) in [6, 6.07) is 13.2. The Morgan fingerprint density at radius 3 is 2.72 bits per heavy atom. The molecule has 1 aliphatic heterocycles. The van der Waals surface area contributed by atoms with Gasteiger partial charge in [0.1, 0.15) is 17.2 Å². The maximum Gasteiger partial charge on any atom is 0.310 e. The number of phenols is 1. The third-order valence-electron chi connectivity index (χ3n) is 4.00. The fourth-order valence-corrected chi connectivity index (χ4v) is 3.15. The Hall–Kier alpha value is -2.80. The standard InChI is InChI=1S/C18H13BrN2O4/c19-17-8-7-16(25-17)18(23)21-13(11-4-1-2-5-14(11)22)10-12(20-21)15-6-3-9-24-15/h1-9,13,22H,10H2. The Bertz CT molecular complexity index is 946. The molecule has 1 aromatic carbocycles. The third kappa shape index (κ3) is 2.87. The highest BCUT2D eigenvalue weighted by atomic mass is 79.9. The summed E-state index contributed by atoms with van der Waals surface area (Å²) in [5, 5.41) is 16.0. The Labute approximate surface area is 151 Å². The molecule has 0 aliphatic carbocycles. The van der Waals surface area contributed by atoms with Gasteiger partial charge in [0.05, 0.1) is 12.3 Å². The summed E-state index contributed by atoms with van der Waals surface area (Å²) < 4.78 is 11.2. The maximum atomic E-state index is 12.9. The van der Waals surface area contributed by atoms with Gasteiger partial charge in [-0.15, -0.1) is 0 Å². The number of hydrogen-bond donors (Lipinski definition) is 1. The van der Waals surface area contributed by atoms with Gasteiger partial charge in [0, 0.05) is 12.0 Å². The van der Waals surface area contributed by atoms with Crippen molar-refractivity contribution in [2.24, 2.45) is 5.10 Å². The topological polar surface area (TPSA) is 79.2 Å². The minimum absolute atomic E-state index is 0.113. The van der Waals surface area contributed by atoms with Crippen LogP contribution in [-0.4, -0.2) is 21.7 Å². The van der Waals surface area contributed by atoms with Crippen molar-refractivity contribution in [1.82, 2.24) is 5.01 Å². The van der Waals surface area contributed by atoms with E-state index in [4.69, 9.17) is 8.83 Å². The van der Waals surface area contributed by atoms with Gasteiger partial charge in [-0.25, -0.2) is 5.01 Å². The molecule has 6 nitrogen and oxygen atoms in total. The Balaban J connectivity index is 1.75. The first-order valence-corrected chi connectivity index (χ1v) is 8.41. The first kappa shape index (κ1) is 15.7. The van der Waals surface area contributed by atoms with E-state index in [1.807, 2.05) is 6.07 Å². The monoisotopic (exact) mass is 400 g/mol. The molecule has 0 radical (unpaired) electrons. The highest BCUT2D eigenvalue weighted by Crippen LogP contribution is 2.38. The fourth-order valence-electron chi connectivity index (χ4n) is 2.84. The molecule has 4 rings (SSSR count). The van der Waals surface area contributed by atoms with E-state index in [-0.39, 0.29) is 17.4 Å². The zero-order chi connectivity index (χ0) is 17.4. The van der Waals surface area contributed by atoms with Crippen molar-refractivity contribution in [3.05, 3.63) is 76.5 Å². The van der Waals surface area contributed by atoms with Crippen LogP contribution in [0.5, 0.6) is 5.75 Å². The molecule has 0 saturated heterocycles. The molecule has 3 heterocycles. The van der Waals surface area contributed by atoms with E-state index in [1.165, 1.54) is 5.01 Å². The molecule has 7 heteroatoms. The van der Waals surface area contributed by atoms with E-state index >= 15 is 0 Å². The number of rotatable bonds is 3. The zero-order valence-electron chi connectivity index (χ0n) is 12.9. The number of phenolic OH excluding ortho intramolecular Hbond substituents is 1. The SMILES string of the molecule is O=C(c1ccc(Br)o1)N1N=C(c2ccco2)CC1c1ccccc1O. The van der Waals surface area contributed by atoms with E-state index in [1.54, 1.807) is 48.7 Å². The molecular weight excluding hydrogens is 388 g/mol. The molecule has 1 N–H and O–H groups in total. The first-order valence-electron chi connectivity index (χ1n) is 7.61. The number of carbonyl (C=O) groups excluding carboxylic acids is 1. The summed E-state index contributed by atoms with van der Waals surface area (Å²) in [5.41, 5.74) is 1.25. The minimum Gasteiger partial charge on any atom is -0.508 e. The van der Waals surface area contributed by atoms with Gasteiger partial charge in [-0.2, -0.15) is 5.10 Å². The summed E-state index contributed by atoms with van der Waals surface area (Å²) in [4.78, 5) is 12.9. The molecule has 0 bridgehead atoms. The Kier molecular flexibility index (Phi) is 3.93. The van der Waals surface area contributed by atoms with Crippen LogP contribution in [0.1, 0.15) is 34.3 Å². The van der Waals surface area contributed by atoms with Crippen molar-refractivity contribution < 1.29 is 18.7 Å². The summed E-state index contributed by atoms with van der Waals surface area (Å²) in [5.74, 6) is 0.482. The van der Waals surface area contributed by atoms with Gasteiger partial charge >= 0.3 is 5.91 Å². The summed E-state index contributed by atoms with van der Waals surface area (Å²) in [7, 11) is 0. The Morgan fingerprint density at radius 2 is 2.04 bits per heavy atom. The van der Waals surface area contributed by atoms with E-state index in [2.05, 4.69) is 21.0 Å². The molecule has 0 spiro atoms. The highest BCUT2D eigenvalue weighted by molar-refractivity contribution is 9.10. The number of benzene rings is 1. The fraction of sp³-hybridized carbons (Fsp3) is 0.111. The molecular formula is C18H13BrN2O4. The number of nitrogens with zero attached hydrogens (tertiary/aromatic N) is 2. The predicted octanol–water partition coefficient (Wildman–Crippen LogP) is 4.33. The average molecular weight is 401 g/mol. The van der Waals surface area contributed by atoms with Crippen molar-refractivity contribution in [3.63, 3.8) is 0 Å². The zero-order valence-corrected chi connectivity index (χ0v) is 14.5. The van der Waals surface area contributed by atoms with Crippen LogP contribution in [0.15, 0.2) is 73.4 Å². The number of furan rings is 2. The predicted molar refractivity (Wildman–Crippen MR) is 93.3 cm³/mol. The molecule has 3 aromatic rings. The molecule has 2 aromatic heterocycles. The van der Waals surface area contributed by atoms with Crippen molar-refractivity contribution >= 4 is 27.5 Å². The second-order valence-electron chi connectivity index (χ2n) is 5.56. The number of para-hydroxylation sites is 1. The first-order chi connectivity index (χ1) is 12.1. The quantitative estimate of drug-likeness (QED) is 0.709. The molecule has 1 amide bonds. The normalized spacial score (nSPS) is 16.9. The van der Waals surface area contributed by atoms with Crippen LogP contribution in [0, 0.1) is 0 Å². The van der Waals surface area contributed by atoms with Gasteiger partial charge in [-0.3, -0.25) is 4.79 Å². The molecule has 0 saturated carbocycles. The largest absolute Gasteiger partial charge is 0.508 e. The minimum atomic E-state index is -0.447. The molecule has 1 atom stereocenters. The van der Waals surface area contributed by atoms with Gasteiger partial charge < -0.3 is 13.9 Å². The van der Waals surface area contributed by atoms with Crippen LogP contribution in [-0.2, 0) is 0 Å². The van der Waals surface area contributed by atoms with Gasteiger partial charge in [-0.05, 0) is 46.3 Å². The third-order valence-corrected chi connectivity index (χ3v) is 4.43. The number of amides is 1. The van der Waals surface area contributed by atoms with Crippen LogP contribution in [0.2, 0.25) is 0 Å². The van der Waals surface area contributed by atoms with Crippen LogP contribution in [0.3, 0.4) is 0 Å². The second kappa shape index (κ2) is 6.25. The summed E-state index contributed by atoms with van der Waals surface area (Å²) in [6.07, 6.45) is 1.99. The van der Waals surface area contributed by atoms with Crippen molar-refractivity contribution in [2.45, 2.75) is 12.5 Å². The van der Waals surface area contributed by atoms with Gasteiger partial charge in [0.25, 0.3) is 0 Å². The molecule has 1 aliphatic rings. The lowest BCUT2D eigenvalue weighted by Gasteiger charge is -2.21.